The molecule has 1 saturated carbocycles. The van der Waals surface area contributed by atoms with Crippen molar-refractivity contribution in [1.82, 2.24) is 10.2 Å². The third-order valence-electron chi connectivity index (χ3n) is 5.52. The third kappa shape index (κ3) is 3.34. The van der Waals surface area contributed by atoms with Crippen molar-refractivity contribution in [3.05, 3.63) is 0 Å². The number of ether oxygens (including phenoxy) is 1. The summed E-state index contributed by atoms with van der Waals surface area (Å²) in [5.74, 6) is -3.03. The lowest BCUT2D eigenvalue weighted by atomic mass is 9.58. The van der Waals surface area contributed by atoms with Crippen LogP contribution in [0.15, 0.2) is 0 Å². The van der Waals surface area contributed by atoms with E-state index < -0.39 is 24.9 Å². The zero-order valence-electron chi connectivity index (χ0n) is 13.3. The predicted octanol–water partition coefficient (Wildman–Crippen LogP) is 1.18. The Morgan fingerprint density at radius 3 is 2.52 bits per heavy atom. The summed E-state index contributed by atoms with van der Waals surface area (Å²) < 4.78 is 32.1. The smallest absolute Gasteiger partial charge is 0.262 e. The molecule has 3 aliphatic rings. The summed E-state index contributed by atoms with van der Waals surface area (Å²) in [6.07, 6.45) is 1.26. The van der Waals surface area contributed by atoms with Gasteiger partial charge < -0.3 is 14.7 Å². The number of alkyl halides is 2. The second kappa shape index (κ2) is 6.78. The van der Waals surface area contributed by atoms with Crippen LogP contribution in [0.1, 0.15) is 32.6 Å². The van der Waals surface area contributed by atoms with Crippen LogP contribution >= 0.6 is 12.4 Å². The summed E-state index contributed by atoms with van der Waals surface area (Å²) in [6.45, 7) is 3.13. The molecule has 8 heteroatoms. The van der Waals surface area contributed by atoms with E-state index in [1.807, 2.05) is 6.92 Å². The van der Waals surface area contributed by atoms with Gasteiger partial charge in [0.15, 0.2) is 0 Å². The van der Waals surface area contributed by atoms with Crippen LogP contribution in [0, 0.1) is 5.41 Å². The van der Waals surface area contributed by atoms with Gasteiger partial charge in [-0.25, -0.2) is 8.78 Å². The number of aliphatic hydroxyl groups excluding tert-OH is 1. The molecule has 134 valence electrons. The van der Waals surface area contributed by atoms with Gasteiger partial charge in [-0.1, -0.05) is 0 Å². The molecular formula is C15H25ClF2N2O3. The predicted molar refractivity (Wildman–Crippen MR) is 82.9 cm³/mol. The number of hydrogen-bond donors (Lipinski definition) is 2. The van der Waals surface area contributed by atoms with Crippen molar-refractivity contribution in [3.63, 3.8) is 0 Å². The summed E-state index contributed by atoms with van der Waals surface area (Å²) in [6, 6.07) is -0.780. The third-order valence-corrected chi connectivity index (χ3v) is 5.52. The van der Waals surface area contributed by atoms with Crippen LogP contribution in [0.5, 0.6) is 0 Å². The van der Waals surface area contributed by atoms with E-state index in [4.69, 9.17) is 4.74 Å². The minimum atomic E-state index is -2.79. The minimum absolute atomic E-state index is 0. The van der Waals surface area contributed by atoms with Gasteiger partial charge in [0.25, 0.3) is 5.92 Å². The lowest BCUT2D eigenvalue weighted by Crippen LogP contribution is -2.63. The molecule has 5 nitrogen and oxygen atoms in total. The van der Waals surface area contributed by atoms with Crippen molar-refractivity contribution >= 4 is 18.3 Å². The van der Waals surface area contributed by atoms with Gasteiger partial charge in [0.1, 0.15) is 0 Å². The minimum Gasteiger partial charge on any atom is -0.392 e. The fraction of sp³-hybridized carbons (Fsp3) is 0.933. The molecule has 2 heterocycles. The van der Waals surface area contributed by atoms with E-state index in [0.717, 1.165) is 0 Å². The van der Waals surface area contributed by atoms with E-state index in [-0.39, 0.29) is 35.9 Å². The Labute approximate surface area is 141 Å². The maximum Gasteiger partial charge on any atom is 0.262 e. The fourth-order valence-electron chi connectivity index (χ4n) is 4.07. The Hall–Kier alpha value is -0.500. The van der Waals surface area contributed by atoms with Crippen molar-refractivity contribution in [1.29, 1.82) is 0 Å². The second-order valence-electron chi connectivity index (χ2n) is 6.75. The van der Waals surface area contributed by atoms with Crippen molar-refractivity contribution < 1.29 is 23.4 Å². The van der Waals surface area contributed by atoms with Crippen molar-refractivity contribution in [2.24, 2.45) is 5.41 Å². The normalized spacial score (nSPS) is 34.8. The number of piperidine rings is 1. The van der Waals surface area contributed by atoms with Crippen LogP contribution in [-0.4, -0.2) is 66.3 Å². The Morgan fingerprint density at radius 2 is 2.04 bits per heavy atom. The van der Waals surface area contributed by atoms with Gasteiger partial charge >= 0.3 is 0 Å². The molecule has 3 unspecified atom stereocenters. The highest BCUT2D eigenvalue weighted by Crippen LogP contribution is 2.51. The number of halogens is 3. The molecule has 2 aliphatic heterocycles. The highest BCUT2D eigenvalue weighted by atomic mass is 35.5. The maximum absolute atomic E-state index is 13.2. The van der Waals surface area contributed by atoms with Gasteiger partial charge in [-0.05, 0) is 19.8 Å². The van der Waals surface area contributed by atoms with E-state index in [1.165, 1.54) is 0 Å². The standard InChI is InChI=1S/C15H24F2N2O3.ClH/c1-2-22-12-7-11(20)14(12)3-5-19(6-4-14)13(21)10-8-15(16,17)9-18-10;/h10-12,18,20H,2-9H2,1H3;1H. The Bertz CT molecular complexity index is 442. The number of nitrogens with one attached hydrogen (secondary N) is 1. The molecule has 3 rings (SSSR count). The molecule has 1 amide bonds. The molecule has 0 aromatic heterocycles. The van der Waals surface area contributed by atoms with Crippen LogP contribution in [-0.2, 0) is 9.53 Å². The number of hydrogen-bond acceptors (Lipinski definition) is 4. The number of rotatable bonds is 3. The highest BCUT2D eigenvalue weighted by Gasteiger charge is 2.56. The molecule has 2 N–H and O–H groups in total. The summed E-state index contributed by atoms with van der Waals surface area (Å²) >= 11 is 0. The molecule has 3 fully saturated rings. The summed E-state index contributed by atoms with van der Waals surface area (Å²) in [7, 11) is 0. The number of likely N-dealkylation sites (tertiary alicyclic amines) is 1. The molecule has 23 heavy (non-hydrogen) atoms. The maximum atomic E-state index is 13.2. The number of carbonyl (C=O) groups excluding carboxylic acids is 1. The molecule has 0 aromatic rings. The van der Waals surface area contributed by atoms with Gasteiger partial charge in [-0.15, -0.1) is 12.4 Å². The lowest BCUT2D eigenvalue weighted by Gasteiger charge is -2.56. The first-order chi connectivity index (χ1) is 10.4. The molecule has 1 spiro atoms. The SMILES string of the molecule is CCOC1CC(O)C12CCN(C(=O)C1CC(F)(F)CN1)CC2.Cl. The van der Waals surface area contributed by atoms with E-state index >= 15 is 0 Å². The van der Waals surface area contributed by atoms with Gasteiger partial charge in [-0.2, -0.15) is 0 Å². The largest absolute Gasteiger partial charge is 0.392 e. The van der Waals surface area contributed by atoms with Gasteiger partial charge in [-0.3, -0.25) is 10.1 Å². The van der Waals surface area contributed by atoms with E-state index in [9.17, 15) is 18.7 Å². The highest BCUT2D eigenvalue weighted by molar-refractivity contribution is 5.85. The van der Waals surface area contributed by atoms with E-state index in [0.29, 0.717) is 39.0 Å². The van der Waals surface area contributed by atoms with Crippen LogP contribution in [0.3, 0.4) is 0 Å². The Kier molecular flexibility index (Phi) is 5.55. The first-order valence-corrected chi connectivity index (χ1v) is 8.08. The molecular weight excluding hydrogens is 330 g/mol. The van der Waals surface area contributed by atoms with Crippen LogP contribution in [0.2, 0.25) is 0 Å². The summed E-state index contributed by atoms with van der Waals surface area (Å²) in [4.78, 5) is 14.0. The molecule has 0 aromatic carbocycles. The van der Waals surface area contributed by atoms with Crippen molar-refractivity contribution in [2.75, 3.05) is 26.2 Å². The quantitative estimate of drug-likeness (QED) is 0.799. The van der Waals surface area contributed by atoms with Crippen LogP contribution in [0.25, 0.3) is 0 Å². The monoisotopic (exact) mass is 354 g/mol. The second-order valence-corrected chi connectivity index (χ2v) is 6.75. The van der Waals surface area contributed by atoms with Crippen LogP contribution < -0.4 is 5.32 Å². The average molecular weight is 355 g/mol. The fourth-order valence-corrected chi connectivity index (χ4v) is 4.07. The van der Waals surface area contributed by atoms with Crippen molar-refractivity contribution in [2.45, 2.75) is 56.8 Å². The lowest BCUT2D eigenvalue weighted by molar-refractivity contribution is -0.210. The summed E-state index contributed by atoms with van der Waals surface area (Å²) in [5.41, 5.74) is -0.250. The van der Waals surface area contributed by atoms with Gasteiger partial charge in [0.2, 0.25) is 5.91 Å². The molecule has 0 bridgehead atoms. The number of aliphatic hydroxyl groups is 1. The number of amides is 1. The topological polar surface area (TPSA) is 61.8 Å². The van der Waals surface area contributed by atoms with E-state index in [1.54, 1.807) is 4.90 Å². The molecule has 1 aliphatic carbocycles. The van der Waals surface area contributed by atoms with E-state index in [2.05, 4.69) is 5.32 Å². The van der Waals surface area contributed by atoms with Gasteiger partial charge in [0.05, 0.1) is 24.8 Å². The first kappa shape index (κ1) is 18.8. The first-order valence-electron chi connectivity index (χ1n) is 8.08. The number of carbonyl (C=O) groups is 1. The molecule has 0 radical (unpaired) electrons. The molecule has 2 saturated heterocycles. The summed E-state index contributed by atoms with van der Waals surface area (Å²) in [5, 5.41) is 12.7. The number of nitrogens with zero attached hydrogens (tertiary/aromatic N) is 1. The van der Waals surface area contributed by atoms with Crippen LogP contribution in [0.4, 0.5) is 8.78 Å². The van der Waals surface area contributed by atoms with Crippen molar-refractivity contribution in [3.8, 4) is 0 Å². The Balaban J connectivity index is 0.00000192. The average Bonchev–Trinajstić information content (AvgIpc) is 2.87. The zero-order chi connectivity index (χ0) is 16.0. The Morgan fingerprint density at radius 1 is 1.39 bits per heavy atom. The zero-order valence-corrected chi connectivity index (χ0v) is 14.1. The molecule has 3 atom stereocenters. The van der Waals surface area contributed by atoms with Gasteiger partial charge in [0, 0.05) is 38.0 Å².